The van der Waals surface area contributed by atoms with Crippen LogP contribution in [0.1, 0.15) is 118 Å². The van der Waals surface area contributed by atoms with Gasteiger partial charge in [-0.3, -0.25) is 19.3 Å². The smallest absolute Gasteiger partial charge is 0.496 e. The zero-order valence-corrected chi connectivity index (χ0v) is 64.2. The van der Waals surface area contributed by atoms with Crippen molar-refractivity contribution in [2.24, 2.45) is 58.2 Å². The summed E-state index contributed by atoms with van der Waals surface area (Å²) < 4.78 is 133. The molecular weight excluding hydrogens is 1470 g/mol. The fourth-order valence-electron chi connectivity index (χ4n) is 16.9. The minimum Gasteiger partial charge on any atom is -0.496 e. The van der Waals surface area contributed by atoms with Crippen molar-refractivity contribution < 1.29 is 122 Å². The third-order valence-corrected chi connectivity index (χ3v) is 26.4. The summed E-state index contributed by atoms with van der Waals surface area (Å²) in [5.74, 6) is -3.02. The number of hydroxylamine groups is 4. The molecule has 8 aliphatic rings. The number of rotatable bonds is 26. The van der Waals surface area contributed by atoms with Crippen LogP contribution in [0.25, 0.3) is 11.1 Å². The normalized spacial score (nSPS) is 27.0. The van der Waals surface area contributed by atoms with Crippen molar-refractivity contribution >= 4 is 67.4 Å². The molecule has 0 radical (unpaired) electrons. The first-order valence-corrected chi connectivity index (χ1v) is 38.9. The third-order valence-electron chi connectivity index (χ3n) is 23.5. The van der Waals surface area contributed by atoms with Crippen LogP contribution in [-0.4, -0.2) is 224 Å². The van der Waals surface area contributed by atoms with Crippen LogP contribution in [0.3, 0.4) is 0 Å². The molecule has 2 heterocycles. The lowest BCUT2D eigenvalue weighted by atomic mass is 9.45. The van der Waals surface area contributed by atoms with E-state index >= 15 is 0 Å². The van der Waals surface area contributed by atoms with E-state index in [0.717, 1.165) is 59.2 Å². The van der Waals surface area contributed by atoms with Crippen LogP contribution in [0.2, 0.25) is 0 Å². The van der Waals surface area contributed by atoms with Crippen LogP contribution in [0.5, 0.6) is 11.5 Å². The molecule has 108 heavy (non-hydrogen) atoms. The van der Waals surface area contributed by atoms with Crippen LogP contribution in [-0.2, 0) is 52.0 Å². The van der Waals surface area contributed by atoms with E-state index in [4.69, 9.17) is 34.3 Å². The summed E-state index contributed by atoms with van der Waals surface area (Å²) in [5.41, 5.74) is -7.63. The zero-order valence-electron chi connectivity index (χ0n) is 62.6. The number of hydrogen-bond donors (Lipinski definition) is 10. The Kier molecular flexibility index (Phi) is 27.3. The summed E-state index contributed by atoms with van der Waals surface area (Å²) >= 11 is 0. The van der Waals surface area contributed by atoms with E-state index in [-0.39, 0.29) is 82.1 Å². The molecule has 12 rings (SSSR count). The summed E-state index contributed by atoms with van der Waals surface area (Å²) in [6.45, 7) is 17.3. The average molecular weight is 1570 g/mol. The molecule has 4 bridgehead atoms. The van der Waals surface area contributed by atoms with Gasteiger partial charge < -0.3 is 70.6 Å². The lowest BCUT2D eigenvalue weighted by Crippen LogP contribution is -2.62. The number of alkyl halides is 6. The Morgan fingerprint density at radius 1 is 0.630 bits per heavy atom. The molecule has 0 aromatic heterocycles. The molecule has 26 nitrogen and oxygen atoms in total. The van der Waals surface area contributed by atoms with Gasteiger partial charge in [0.05, 0.1) is 75.4 Å². The number of aryl methyl sites for hydroxylation is 1. The van der Waals surface area contributed by atoms with Gasteiger partial charge in [-0.05, 0) is 146 Å². The summed E-state index contributed by atoms with van der Waals surface area (Å²) in [5, 5.41) is 88.2. The quantitative estimate of drug-likeness (QED) is 0.0247. The standard InChI is InChI=1S/C36H48F3N3O9S.C26H40N2O5.C11H13BF3NO6S/c1-19-27-15-24(35(27,3)4)16-28(19)40-33(45)31-30(20(2)44)29(18-43)51-42(31)17-21-8-7-9-26(32(21)50-6)22-12-23(34(46)47)14-25(13-22)41(5)10-11-52(48,49)36(37,38)39;1-14-8-7-9-17(24(14)32-6)12-28-23(22(16(3)30)21(13-29)33-28)25(31)27-20-11-18-10-19(15(20)2)26(18,4)5;1-16(2-3-23(21,22)11(13,14)15)9-5-7(10(17)18)4-8(6-9)12(19)20/h7-9,12-14,19-20,24,27-31,43-44H,10-11,15-18H2,1-6H3,(H,40,45)(H,46,47);7-9,15-16,18-23,29-30H,10-13H2,1-6H3,(H,27,31);4-6,19-20H,2-3H2,1H3,(H,17,18)/t19-,20-,24+,27-,28-,29-,30?,31-;15-,16-,18+,19-,20-,21-,22?,23-;/m00./s1. The van der Waals surface area contributed by atoms with Gasteiger partial charge in [-0.15, -0.1) is 0 Å². The number of methoxy groups -OCH3 is 2. The van der Waals surface area contributed by atoms with E-state index in [0.29, 0.717) is 58.2 Å². The number of nitrogens with zero attached hydrogens (tertiary/aromatic N) is 4. The highest BCUT2D eigenvalue weighted by Crippen LogP contribution is 2.62. The molecule has 6 aliphatic carbocycles. The van der Waals surface area contributed by atoms with Crippen LogP contribution in [0.15, 0.2) is 72.8 Å². The molecule has 4 aromatic rings. The van der Waals surface area contributed by atoms with Gasteiger partial charge in [0.15, 0.2) is 0 Å². The Hall–Kier alpha value is -6.90. The molecule has 2 aliphatic heterocycles. The summed E-state index contributed by atoms with van der Waals surface area (Å²) in [6.07, 6.45) is 0.855. The van der Waals surface area contributed by atoms with Gasteiger partial charge in [-0.25, -0.2) is 26.4 Å². The van der Waals surface area contributed by atoms with Crippen LogP contribution >= 0.6 is 0 Å². The zero-order chi connectivity index (χ0) is 80.6. The maximum atomic E-state index is 14.1. The van der Waals surface area contributed by atoms with E-state index in [1.54, 1.807) is 44.2 Å². The number of carbonyl (C=O) groups excluding carboxylic acids is 2. The minimum atomic E-state index is -5.42. The topological polar surface area (TPSA) is 372 Å². The number of carbonyl (C=O) groups is 4. The monoisotopic (exact) mass is 1570 g/mol. The molecule has 10 N–H and O–H groups in total. The Balaban J connectivity index is 0.000000224. The van der Waals surface area contributed by atoms with Crippen molar-refractivity contribution in [3.8, 4) is 22.6 Å². The van der Waals surface area contributed by atoms with Crippen LogP contribution in [0, 0.1) is 65.1 Å². The van der Waals surface area contributed by atoms with Gasteiger partial charge in [0.1, 0.15) is 35.8 Å². The Labute approximate surface area is 625 Å². The molecule has 2 amide bonds. The Morgan fingerprint density at radius 2 is 1.03 bits per heavy atom. The van der Waals surface area contributed by atoms with Crippen molar-refractivity contribution in [3.63, 3.8) is 0 Å². The van der Waals surface area contributed by atoms with E-state index in [2.05, 4.69) is 52.2 Å². The van der Waals surface area contributed by atoms with Crippen LogP contribution < -0.4 is 35.4 Å². The second kappa shape index (κ2) is 34.0. The van der Waals surface area contributed by atoms with Crippen molar-refractivity contribution in [2.75, 3.05) is 75.9 Å². The number of anilines is 2. The lowest BCUT2D eigenvalue weighted by molar-refractivity contribution is -0.183. The van der Waals surface area contributed by atoms with E-state index in [1.165, 1.54) is 55.8 Å². The maximum absolute atomic E-state index is 14.1. The molecule has 6 saturated carbocycles. The first-order valence-electron chi connectivity index (χ1n) is 35.6. The van der Waals surface area contributed by atoms with Crippen molar-refractivity contribution in [2.45, 2.75) is 161 Å². The highest BCUT2D eigenvalue weighted by Gasteiger charge is 2.60. The Bertz CT molecular complexity index is 4120. The first-order chi connectivity index (χ1) is 50.2. The number of nitrogens with one attached hydrogen (secondary N) is 2. The summed E-state index contributed by atoms with van der Waals surface area (Å²) in [7, 11) is -7.07. The fourth-order valence-corrected chi connectivity index (χ4v) is 18.3. The largest absolute Gasteiger partial charge is 0.497 e. The molecule has 4 aromatic carbocycles. The van der Waals surface area contributed by atoms with Gasteiger partial charge in [-0.1, -0.05) is 77.9 Å². The molecule has 600 valence electrons. The highest BCUT2D eigenvalue weighted by molar-refractivity contribution is 7.92. The van der Waals surface area contributed by atoms with Gasteiger partial charge in [0.2, 0.25) is 31.5 Å². The number of carboxylic acids is 2. The van der Waals surface area contributed by atoms with E-state index < -0.39 is 129 Å². The summed E-state index contributed by atoms with van der Waals surface area (Å²) in [4.78, 5) is 65.4. The number of hydrogen-bond acceptors (Lipinski definition) is 22. The molecule has 16 atom stereocenters. The molecule has 8 fully saturated rings. The number of ether oxygens (including phenoxy) is 2. The van der Waals surface area contributed by atoms with E-state index in [9.17, 15) is 87.9 Å². The van der Waals surface area contributed by atoms with Gasteiger partial charge >= 0.3 is 30.1 Å². The van der Waals surface area contributed by atoms with E-state index in [1.807, 2.05) is 25.1 Å². The second-order valence-corrected chi connectivity index (χ2v) is 34.9. The number of aromatic carboxylic acids is 2. The lowest BCUT2D eigenvalue weighted by Gasteiger charge is -2.62. The Morgan fingerprint density at radius 3 is 1.39 bits per heavy atom. The number of fused-ring (bicyclic) bond motifs is 4. The molecule has 35 heteroatoms. The minimum absolute atomic E-state index is 0.0328. The van der Waals surface area contributed by atoms with Crippen molar-refractivity contribution in [1.82, 2.24) is 20.8 Å². The second-order valence-electron chi connectivity index (χ2n) is 30.7. The molecule has 0 spiro atoms. The predicted octanol–water partition coefficient (Wildman–Crippen LogP) is 6.19. The number of aliphatic hydroxyl groups is 4. The van der Waals surface area contributed by atoms with Gasteiger partial charge in [0, 0.05) is 79.2 Å². The number of para-hydroxylation sites is 2. The number of halogens is 6. The number of aliphatic hydroxyl groups excluding tert-OH is 4. The highest BCUT2D eigenvalue weighted by atomic mass is 32.2. The number of carboxylic acid groups (broad SMARTS) is 2. The SMILES string of the molecule is CN(CCS(=O)(=O)C(F)(F)F)c1cc(B(O)O)cc(C(=O)O)c1.COc1c(C)cccc1CN1O[C@@H](CO)C([C@H](C)O)[C@H]1C(=O)N[C@H]1C[C@H]2C[C@@H]([C@@H]1C)C2(C)C.COc1c(CN2O[C@@H](CO)C([C@H](C)O)[C@H]2C(=O)N[C@H]2C[C@H]3C[C@@H]([C@@H]2C)C3(C)C)cccc1-c1cc(C(=O)O)cc(N(C)CCS(=O)(=O)C(F)(F)F)c1. The molecule has 2 saturated heterocycles. The van der Waals surface area contributed by atoms with Crippen molar-refractivity contribution in [3.05, 3.63) is 101 Å². The number of sulfone groups is 2. The molecule has 2 unspecified atom stereocenters. The predicted molar refractivity (Wildman–Crippen MR) is 388 cm³/mol. The number of benzene rings is 4. The fraction of sp³-hybridized carbons (Fsp3) is 0.616. The maximum Gasteiger partial charge on any atom is 0.497 e. The number of amides is 2. The van der Waals surface area contributed by atoms with Crippen molar-refractivity contribution in [1.29, 1.82) is 0 Å². The van der Waals surface area contributed by atoms with Gasteiger partial charge in [0.25, 0.3) is 0 Å². The molecular formula is C73H101BF6N6O20S2. The third kappa shape index (κ3) is 18.5. The van der Waals surface area contributed by atoms with Crippen LogP contribution in [0.4, 0.5) is 37.7 Å². The summed E-state index contributed by atoms with van der Waals surface area (Å²) in [6, 6.07) is 16.6. The average Bonchev–Trinajstić information content (AvgIpc) is 0.962. The first kappa shape index (κ1) is 86.7. The van der Waals surface area contributed by atoms with Gasteiger partial charge in [-0.2, -0.15) is 36.5 Å².